The summed E-state index contributed by atoms with van der Waals surface area (Å²) < 4.78 is 13.6. The van der Waals surface area contributed by atoms with E-state index in [1.165, 1.54) is 6.07 Å². The number of carbonyl (C=O) groups is 1. The second kappa shape index (κ2) is 11.2. The Morgan fingerprint density at radius 2 is 1.83 bits per heavy atom. The van der Waals surface area contributed by atoms with Gasteiger partial charge in [0.2, 0.25) is 5.91 Å². The molecule has 0 aliphatic rings. The van der Waals surface area contributed by atoms with E-state index in [0.29, 0.717) is 24.6 Å². The third-order valence-corrected chi connectivity index (χ3v) is 3.51. The Labute approximate surface area is 160 Å². The van der Waals surface area contributed by atoms with Crippen LogP contribution in [0.3, 0.4) is 0 Å². The summed E-state index contributed by atoms with van der Waals surface area (Å²) in [7, 11) is 1.67. The minimum Gasteiger partial charge on any atom is -0.355 e. The van der Waals surface area contributed by atoms with Crippen molar-refractivity contribution >= 4 is 35.8 Å². The van der Waals surface area contributed by atoms with Gasteiger partial charge in [0.05, 0.1) is 6.04 Å². The molecule has 1 aromatic carbocycles. The van der Waals surface area contributed by atoms with Gasteiger partial charge < -0.3 is 16.0 Å². The third-order valence-electron chi connectivity index (χ3n) is 3.51. The smallest absolute Gasteiger partial charge is 0.222 e. The fourth-order valence-corrected chi connectivity index (χ4v) is 1.93. The minimum atomic E-state index is -0.213. The Morgan fingerprint density at radius 3 is 2.38 bits per heavy atom. The number of guanidine groups is 1. The average molecular weight is 450 g/mol. The van der Waals surface area contributed by atoms with E-state index in [9.17, 15) is 9.18 Å². The predicted molar refractivity (Wildman–Crippen MR) is 107 cm³/mol. The minimum absolute atomic E-state index is 0. The molecule has 0 aliphatic heterocycles. The number of amides is 1. The summed E-state index contributed by atoms with van der Waals surface area (Å²) in [5.41, 5.74) is 1.48. The summed E-state index contributed by atoms with van der Waals surface area (Å²) >= 11 is 0. The zero-order valence-corrected chi connectivity index (χ0v) is 17.3. The Balaban J connectivity index is 0.00000529. The first-order chi connectivity index (χ1) is 10.8. The van der Waals surface area contributed by atoms with Gasteiger partial charge in [-0.05, 0) is 31.0 Å². The lowest BCUT2D eigenvalue weighted by Gasteiger charge is -2.19. The van der Waals surface area contributed by atoms with Crippen LogP contribution in [0.4, 0.5) is 4.39 Å². The van der Waals surface area contributed by atoms with Gasteiger partial charge in [-0.3, -0.25) is 9.79 Å². The molecule has 136 valence electrons. The van der Waals surface area contributed by atoms with E-state index in [1.807, 2.05) is 26.8 Å². The molecule has 1 amide bonds. The van der Waals surface area contributed by atoms with Crippen molar-refractivity contribution in [3.05, 3.63) is 35.1 Å². The van der Waals surface area contributed by atoms with Crippen LogP contribution in [-0.2, 0) is 4.79 Å². The molecule has 0 aliphatic carbocycles. The Bertz CT molecular complexity index is 564. The zero-order valence-electron chi connectivity index (χ0n) is 14.9. The molecule has 24 heavy (non-hydrogen) atoms. The van der Waals surface area contributed by atoms with Gasteiger partial charge in [-0.15, -0.1) is 24.0 Å². The van der Waals surface area contributed by atoms with Gasteiger partial charge in [0.1, 0.15) is 5.82 Å². The molecule has 3 N–H and O–H groups in total. The summed E-state index contributed by atoms with van der Waals surface area (Å²) in [6, 6.07) is 5.11. The molecule has 1 aromatic rings. The standard InChI is InChI=1S/C17H27FN4O.HI/c1-11(2)16(23)20-8-9-21-17(19-5)22-13(4)14-7-6-12(3)15(18)10-14;/h6-7,10-11,13H,8-9H2,1-5H3,(H,20,23)(H2,19,21,22);1H. The highest BCUT2D eigenvalue weighted by Gasteiger charge is 2.10. The summed E-state index contributed by atoms with van der Waals surface area (Å²) in [5.74, 6) is 0.398. The molecular formula is C17H28FIN4O. The molecule has 1 atom stereocenters. The fourth-order valence-electron chi connectivity index (χ4n) is 1.93. The summed E-state index contributed by atoms with van der Waals surface area (Å²) in [6.45, 7) is 8.47. The second-order valence-corrected chi connectivity index (χ2v) is 5.82. The van der Waals surface area contributed by atoms with E-state index in [1.54, 1.807) is 20.0 Å². The number of halogens is 2. The normalized spacial score (nSPS) is 12.4. The van der Waals surface area contributed by atoms with E-state index in [0.717, 1.165) is 5.56 Å². The molecule has 7 heteroatoms. The number of nitrogens with one attached hydrogen (secondary N) is 3. The maximum absolute atomic E-state index is 13.6. The molecule has 0 radical (unpaired) electrons. The molecule has 0 aromatic heterocycles. The van der Waals surface area contributed by atoms with Gasteiger partial charge in [-0.2, -0.15) is 0 Å². The molecule has 1 unspecified atom stereocenters. The molecule has 0 spiro atoms. The zero-order chi connectivity index (χ0) is 17.4. The van der Waals surface area contributed by atoms with Crippen LogP contribution in [0.5, 0.6) is 0 Å². The lowest BCUT2D eigenvalue weighted by Crippen LogP contribution is -2.42. The summed E-state index contributed by atoms with van der Waals surface area (Å²) in [6.07, 6.45) is 0. The molecule has 0 saturated carbocycles. The van der Waals surface area contributed by atoms with E-state index in [2.05, 4.69) is 20.9 Å². The number of aliphatic imine (C=N–C) groups is 1. The SMILES string of the molecule is CN=C(NCCNC(=O)C(C)C)NC(C)c1ccc(C)c(F)c1.I. The predicted octanol–water partition coefficient (Wildman–Crippen LogP) is 2.75. The van der Waals surface area contributed by atoms with Crippen LogP contribution in [0.25, 0.3) is 0 Å². The summed E-state index contributed by atoms with van der Waals surface area (Å²) in [4.78, 5) is 15.6. The molecule has 5 nitrogen and oxygen atoms in total. The maximum Gasteiger partial charge on any atom is 0.222 e. The van der Waals surface area contributed by atoms with Crippen molar-refractivity contribution in [3.8, 4) is 0 Å². The van der Waals surface area contributed by atoms with Gasteiger partial charge in [0.25, 0.3) is 0 Å². The van der Waals surface area contributed by atoms with Crippen LogP contribution in [0, 0.1) is 18.7 Å². The third kappa shape index (κ3) is 7.46. The Morgan fingerprint density at radius 1 is 1.21 bits per heavy atom. The van der Waals surface area contributed by atoms with Gasteiger partial charge in [0, 0.05) is 26.1 Å². The first-order valence-corrected chi connectivity index (χ1v) is 7.86. The van der Waals surface area contributed by atoms with E-state index >= 15 is 0 Å². The van der Waals surface area contributed by atoms with Crippen LogP contribution < -0.4 is 16.0 Å². The quantitative estimate of drug-likeness (QED) is 0.270. The van der Waals surface area contributed by atoms with Crippen molar-refractivity contribution in [3.63, 3.8) is 0 Å². The number of carbonyl (C=O) groups excluding carboxylic acids is 1. The van der Waals surface area contributed by atoms with E-state index in [4.69, 9.17) is 0 Å². The number of hydrogen-bond acceptors (Lipinski definition) is 2. The van der Waals surface area contributed by atoms with Crippen LogP contribution in [0.2, 0.25) is 0 Å². The molecule has 0 bridgehead atoms. The maximum atomic E-state index is 13.6. The summed E-state index contributed by atoms with van der Waals surface area (Å²) in [5, 5.41) is 9.15. The topological polar surface area (TPSA) is 65.5 Å². The van der Waals surface area contributed by atoms with Crippen LogP contribution in [0.15, 0.2) is 23.2 Å². The number of aryl methyl sites for hydroxylation is 1. The first-order valence-electron chi connectivity index (χ1n) is 7.86. The number of nitrogens with zero attached hydrogens (tertiary/aromatic N) is 1. The van der Waals surface area contributed by atoms with Crippen LogP contribution >= 0.6 is 24.0 Å². The number of rotatable bonds is 6. The van der Waals surface area contributed by atoms with Crippen molar-refractivity contribution in [1.29, 1.82) is 0 Å². The Hall–Kier alpha value is -1.38. The molecule has 0 heterocycles. The largest absolute Gasteiger partial charge is 0.355 e. The molecule has 0 saturated heterocycles. The van der Waals surface area contributed by atoms with Crippen LogP contribution in [-0.4, -0.2) is 32.0 Å². The number of benzene rings is 1. The molecular weight excluding hydrogens is 422 g/mol. The van der Waals surface area contributed by atoms with E-state index < -0.39 is 0 Å². The Kier molecular flexibility index (Phi) is 10.6. The van der Waals surface area contributed by atoms with Crippen molar-refractivity contribution in [2.75, 3.05) is 20.1 Å². The average Bonchev–Trinajstić information content (AvgIpc) is 2.52. The molecule has 0 fully saturated rings. The van der Waals surface area contributed by atoms with Gasteiger partial charge >= 0.3 is 0 Å². The van der Waals surface area contributed by atoms with Crippen molar-refractivity contribution in [2.45, 2.75) is 33.7 Å². The fraction of sp³-hybridized carbons (Fsp3) is 0.529. The van der Waals surface area contributed by atoms with Crippen molar-refractivity contribution < 1.29 is 9.18 Å². The van der Waals surface area contributed by atoms with E-state index in [-0.39, 0.29) is 47.7 Å². The molecule has 1 rings (SSSR count). The highest BCUT2D eigenvalue weighted by atomic mass is 127. The van der Waals surface area contributed by atoms with Crippen molar-refractivity contribution in [2.24, 2.45) is 10.9 Å². The highest BCUT2D eigenvalue weighted by Crippen LogP contribution is 2.16. The van der Waals surface area contributed by atoms with Crippen molar-refractivity contribution in [1.82, 2.24) is 16.0 Å². The lowest BCUT2D eigenvalue weighted by atomic mass is 10.1. The van der Waals surface area contributed by atoms with Gasteiger partial charge in [0.15, 0.2) is 5.96 Å². The highest BCUT2D eigenvalue weighted by molar-refractivity contribution is 14.0. The number of hydrogen-bond donors (Lipinski definition) is 3. The van der Waals surface area contributed by atoms with Gasteiger partial charge in [-0.25, -0.2) is 4.39 Å². The lowest BCUT2D eigenvalue weighted by molar-refractivity contribution is -0.123. The second-order valence-electron chi connectivity index (χ2n) is 5.82. The van der Waals surface area contributed by atoms with Gasteiger partial charge in [-0.1, -0.05) is 26.0 Å². The first kappa shape index (κ1) is 22.6. The monoisotopic (exact) mass is 450 g/mol. The van der Waals surface area contributed by atoms with Crippen LogP contribution in [0.1, 0.15) is 37.9 Å².